The zero-order valence-electron chi connectivity index (χ0n) is 8.80. The standard InChI is InChI=1S/C12H11ClN2O/c1-9(10-5-3-2-4-6-10)15-8-11(7-14-15)12(13)16/h2-9H,1H3. The summed E-state index contributed by atoms with van der Waals surface area (Å²) in [5, 5.41) is 3.65. The van der Waals surface area contributed by atoms with Gasteiger partial charge in [-0.05, 0) is 24.1 Å². The minimum Gasteiger partial charge on any atom is -0.275 e. The molecule has 1 heterocycles. The van der Waals surface area contributed by atoms with Crippen LogP contribution in [-0.2, 0) is 0 Å². The van der Waals surface area contributed by atoms with E-state index in [-0.39, 0.29) is 6.04 Å². The smallest absolute Gasteiger partial charge is 0.255 e. The van der Waals surface area contributed by atoms with Gasteiger partial charge in [-0.2, -0.15) is 5.10 Å². The first-order chi connectivity index (χ1) is 7.68. The maximum atomic E-state index is 10.9. The molecule has 0 radical (unpaired) electrons. The number of hydrogen-bond acceptors (Lipinski definition) is 2. The van der Waals surface area contributed by atoms with Crippen LogP contribution in [-0.4, -0.2) is 15.0 Å². The molecular weight excluding hydrogens is 224 g/mol. The summed E-state index contributed by atoms with van der Waals surface area (Å²) >= 11 is 5.37. The lowest BCUT2D eigenvalue weighted by Gasteiger charge is -2.11. The maximum Gasteiger partial charge on any atom is 0.255 e. The first-order valence-electron chi connectivity index (χ1n) is 4.97. The van der Waals surface area contributed by atoms with Crippen molar-refractivity contribution in [1.29, 1.82) is 0 Å². The zero-order chi connectivity index (χ0) is 11.5. The highest BCUT2D eigenvalue weighted by Gasteiger charge is 2.11. The van der Waals surface area contributed by atoms with Crippen molar-refractivity contribution in [3.8, 4) is 0 Å². The van der Waals surface area contributed by atoms with Gasteiger partial charge >= 0.3 is 0 Å². The normalized spacial score (nSPS) is 12.4. The molecule has 0 spiro atoms. The average Bonchev–Trinajstić information content (AvgIpc) is 2.78. The molecule has 0 fully saturated rings. The largest absolute Gasteiger partial charge is 0.275 e. The predicted octanol–water partition coefficient (Wildman–Crippen LogP) is 2.87. The predicted molar refractivity (Wildman–Crippen MR) is 62.7 cm³/mol. The molecule has 0 aliphatic carbocycles. The molecule has 1 aromatic heterocycles. The van der Waals surface area contributed by atoms with Crippen LogP contribution in [0.2, 0.25) is 0 Å². The van der Waals surface area contributed by atoms with Crippen LogP contribution < -0.4 is 0 Å². The average molecular weight is 235 g/mol. The van der Waals surface area contributed by atoms with Gasteiger partial charge < -0.3 is 0 Å². The molecule has 1 unspecified atom stereocenters. The van der Waals surface area contributed by atoms with Gasteiger partial charge in [-0.1, -0.05) is 30.3 Å². The van der Waals surface area contributed by atoms with Crippen molar-refractivity contribution >= 4 is 16.8 Å². The van der Waals surface area contributed by atoms with Gasteiger partial charge in [-0.25, -0.2) is 0 Å². The van der Waals surface area contributed by atoms with Crippen molar-refractivity contribution in [3.63, 3.8) is 0 Å². The third kappa shape index (κ3) is 2.14. The van der Waals surface area contributed by atoms with Crippen LogP contribution in [0.1, 0.15) is 28.9 Å². The van der Waals surface area contributed by atoms with Crippen molar-refractivity contribution in [2.45, 2.75) is 13.0 Å². The molecule has 3 nitrogen and oxygen atoms in total. The number of aromatic nitrogens is 2. The van der Waals surface area contributed by atoms with Crippen LogP contribution in [0.4, 0.5) is 0 Å². The van der Waals surface area contributed by atoms with Crippen LogP contribution in [0.5, 0.6) is 0 Å². The summed E-state index contributed by atoms with van der Waals surface area (Å²) in [6.45, 7) is 2.02. The van der Waals surface area contributed by atoms with Crippen LogP contribution in [0, 0.1) is 0 Å². The Morgan fingerprint density at radius 3 is 2.62 bits per heavy atom. The molecule has 2 aromatic rings. The first kappa shape index (κ1) is 10.9. The highest BCUT2D eigenvalue weighted by Crippen LogP contribution is 2.17. The van der Waals surface area contributed by atoms with Crippen LogP contribution in [0.15, 0.2) is 42.7 Å². The van der Waals surface area contributed by atoms with Crippen molar-refractivity contribution in [2.24, 2.45) is 0 Å². The summed E-state index contributed by atoms with van der Waals surface area (Å²) in [4.78, 5) is 10.9. The topological polar surface area (TPSA) is 34.9 Å². The van der Waals surface area contributed by atoms with Crippen molar-refractivity contribution in [3.05, 3.63) is 53.9 Å². The fourth-order valence-electron chi connectivity index (χ4n) is 1.54. The highest BCUT2D eigenvalue weighted by molar-refractivity contribution is 6.67. The van der Waals surface area contributed by atoms with Gasteiger partial charge in [0.25, 0.3) is 5.24 Å². The number of halogens is 1. The second kappa shape index (κ2) is 4.49. The molecule has 4 heteroatoms. The number of nitrogens with zero attached hydrogens (tertiary/aromatic N) is 2. The Balaban J connectivity index is 2.27. The van der Waals surface area contributed by atoms with Crippen molar-refractivity contribution in [1.82, 2.24) is 9.78 Å². The molecule has 0 saturated heterocycles. The number of benzene rings is 1. The highest BCUT2D eigenvalue weighted by atomic mass is 35.5. The monoisotopic (exact) mass is 234 g/mol. The summed E-state index contributed by atoms with van der Waals surface area (Å²) in [7, 11) is 0. The van der Waals surface area contributed by atoms with Gasteiger partial charge in [0.05, 0.1) is 17.8 Å². The quantitative estimate of drug-likeness (QED) is 0.766. The Bertz CT molecular complexity index is 493. The lowest BCUT2D eigenvalue weighted by molar-refractivity contribution is 0.108. The molecule has 0 bridgehead atoms. The van der Waals surface area contributed by atoms with Gasteiger partial charge in [0.2, 0.25) is 0 Å². The van der Waals surface area contributed by atoms with E-state index >= 15 is 0 Å². The lowest BCUT2D eigenvalue weighted by atomic mass is 10.1. The Morgan fingerprint density at radius 2 is 2.06 bits per heavy atom. The maximum absolute atomic E-state index is 10.9. The van der Waals surface area contributed by atoms with Crippen molar-refractivity contribution < 1.29 is 4.79 Å². The van der Waals surface area contributed by atoms with E-state index < -0.39 is 5.24 Å². The summed E-state index contributed by atoms with van der Waals surface area (Å²) in [5.41, 5.74) is 1.56. The minimum absolute atomic E-state index is 0.0889. The van der Waals surface area contributed by atoms with Gasteiger partial charge in [-0.15, -0.1) is 0 Å². The van der Waals surface area contributed by atoms with Gasteiger partial charge in [0.1, 0.15) is 0 Å². The minimum atomic E-state index is -0.480. The molecule has 16 heavy (non-hydrogen) atoms. The SMILES string of the molecule is CC(c1ccccc1)n1cc(C(=O)Cl)cn1. The Hall–Kier alpha value is -1.61. The molecule has 1 aromatic carbocycles. The van der Waals surface area contributed by atoms with E-state index in [9.17, 15) is 4.79 Å². The second-order valence-electron chi connectivity index (χ2n) is 3.57. The third-order valence-corrected chi connectivity index (χ3v) is 2.73. The van der Waals surface area contributed by atoms with E-state index in [4.69, 9.17) is 11.6 Å². The number of carbonyl (C=O) groups excluding carboxylic acids is 1. The first-order valence-corrected chi connectivity index (χ1v) is 5.35. The molecule has 2 rings (SSSR count). The van der Waals surface area contributed by atoms with E-state index in [2.05, 4.69) is 5.10 Å². The van der Waals surface area contributed by atoms with Gasteiger partial charge in [-0.3, -0.25) is 9.48 Å². The fraction of sp³-hybridized carbons (Fsp3) is 0.167. The molecule has 0 saturated carbocycles. The van der Waals surface area contributed by atoms with E-state index in [1.165, 1.54) is 6.20 Å². The summed E-state index contributed by atoms with van der Waals surface area (Å²) in [6.07, 6.45) is 3.14. The van der Waals surface area contributed by atoms with Crippen LogP contribution >= 0.6 is 11.6 Å². The van der Waals surface area contributed by atoms with E-state index in [1.54, 1.807) is 10.9 Å². The second-order valence-corrected chi connectivity index (χ2v) is 3.91. The number of carbonyl (C=O) groups is 1. The van der Waals surface area contributed by atoms with Gasteiger partial charge in [0, 0.05) is 6.20 Å². The summed E-state index contributed by atoms with van der Waals surface area (Å²) in [6, 6.07) is 10.0. The number of rotatable bonds is 3. The lowest BCUT2D eigenvalue weighted by Crippen LogP contribution is -2.06. The molecular formula is C12H11ClN2O. The van der Waals surface area contributed by atoms with E-state index in [0.29, 0.717) is 5.56 Å². The Labute approximate surface area is 98.7 Å². The summed E-state index contributed by atoms with van der Waals surface area (Å²) < 4.78 is 1.73. The molecule has 82 valence electrons. The summed E-state index contributed by atoms with van der Waals surface area (Å²) in [5.74, 6) is 0. The van der Waals surface area contributed by atoms with Gasteiger partial charge in [0.15, 0.2) is 0 Å². The molecule has 0 amide bonds. The van der Waals surface area contributed by atoms with E-state index in [0.717, 1.165) is 5.56 Å². The Morgan fingerprint density at radius 1 is 1.38 bits per heavy atom. The fourth-order valence-corrected chi connectivity index (χ4v) is 1.63. The van der Waals surface area contributed by atoms with Crippen LogP contribution in [0.3, 0.4) is 0 Å². The van der Waals surface area contributed by atoms with Crippen molar-refractivity contribution in [2.75, 3.05) is 0 Å². The molecule has 0 aliphatic heterocycles. The molecule has 1 atom stereocenters. The Kier molecular flexibility index (Phi) is 3.06. The van der Waals surface area contributed by atoms with E-state index in [1.807, 2.05) is 37.3 Å². The molecule has 0 aliphatic rings. The van der Waals surface area contributed by atoms with Crippen LogP contribution in [0.25, 0.3) is 0 Å². The number of hydrogen-bond donors (Lipinski definition) is 0. The zero-order valence-corrected chi connectivity index (χ0v) is 9.56. The third-order valence-electron chi connectivity index (χ3n) is 2.51. The molecule has 0 N–H and O–H groups in total.